The minimum Gasteiger partial charge on any atom is -0.454 e. The normalized spacial score (nSPS) is 12.2. The largest absolute Gasteiger partial charge is 0.454 e. The lowest BCUT2D eigenvalue weighted by molar-refractivity contribution is 0.666. The lowest BCUT2D eigenvalue weighted by atomic mass is 10.0. The van der Waals surface area contributed by atoms with E-state index in [2.05, 4.69) is 185 Å². The Kier molecular flexibility index (Phi) is 6.89. The first-order valence-electron chi connectivity index (χ1n) is 20.8. The Bertz CT molecular complexity index is 4130. The van der Waals surface area contributed by atoms with Crippen molar-refractivity contribution in [2.45, 2.75) is 0 Å². The molecule has 14 aromatic rings. The van der Waals surface area contributed by atoms with Crippen LogP contribution in [0.25, 0.3) is 131 Å². The third kappa shape index (κ3) is 4.71. The molecule has 0 aliphatic heterocycles. The van der Waals surface area contributed by atoms with Gasteiger partial charge in [0.25, 0.3) is 0 Å². The van der Waals surface area contributed by atoms with Gasteiger partial charge in [0.2, 0.25) is 5.95 Å². The Morgan fingerprint density at radius 1 is 0.387 bits per heavy atom. The Hall–Kier alpha value is -8.13. The van der Waals surface area contributed by atoms with Crippen LogP contribution in [0, 0.1) is 0 Å². The Morgan fingerprint density at radius 2 is 0.952 bits per heavy atom. The van der Waals surface area contributed by atoms with Crippen LogP contribution in [0.15, 0.2) is 192 Å². The van der Waals surface area contributed by atoms with Gasteiger partial charge in [0, 0.05) is 63.6 Å². The number of hydrogen-bond donors (Lipinski definition) is 0. The maximum absolute atomic E-state index is 6.99. The van der Waals surface area contributed by atoms with Crippen molar-refractivity contribution in [3.63, 3.8) is 0 Å². The van der Waals surface area contributed by atoms with E-state index in [1.165, 1.54) is 36.3 Å². The summed E-state index contributed by atoms with van der Waals surface area (Å²) in [5.74, 6) is 1.73. The van der Waals surface area contributed by atoms with Gasteiger partial charge in [-0.25, -0.2) is 4.98 Å². The molecule has 0 saturated carbocycles. The van der Waals surface area contributed by atoms with Gasteiger partial charge in [0.1, 0.15) is 5.58 Å². The number of fused-ring (bicyclic) bond motifs is 13. The van der Waals surface area contributed by atoms with Crippen LogP contribution in [0.1, 0.15) is 0 Å². The van der Waals surface area contributed by atoms with Gasteiger partial charge in [0.05, 0.1) is 27.8 Å². The second kappa shape index (κ2) is 12.7. The second-order valence-corrected chi connectivity index (χ2v) is 17.0. The van der Waals surface area contributed by atoms with Crippen molar-refractivity contribution in [1.29, 1.82) is 0 Å². The molecule has 0 amide bonds. The third-order valence-corrected chi connectivity index (χ3v) is 13.7. The van der Waals surface area contributed by atoms with Gasteiger partial charge >= 0.3 is 0 Å². The smallest absolute Gasteiger partial charge is 0.238 e. The molecule has 5 heterocycles. The summed E-state index contributed by atoms with van der Waals surface area (Å²) >= 11 is 1.79. The van der Waals surface area contributed by atoms with Gasteiger partial charge < -0.3 is 8.98 Å². The molecule has 0 radical (unpaired) electrons. The Labute approximate surface area is 357 Å². The monoisotopic (exact) mass is 809 g/mol. The number of furan rings is 1. The first kappa shape index (κ1) is 33.7. The van der Waals surface area contributed by atoms with Gasteiger partial charge in [-0.3, -0.25) is 4.57 Å². The van der Waals surface area contributed by atoms with E-state index < -0.39 is 0 Å². The third-order valence-electron chi connectivity index (χ3n) is 12.6. The van der Waals surface area contributed by atoms with Gasteiger partial charge in [-0.1, -0.05) is 127 Å². The zero-order valence-electron chi connectivity index (χ0n) is 33.0. The number of hydrogen-bond acceptors (Lipinski definition) is 5. The molecule has 0 atom stereocenters. The molecule has 0 bridgehead atoms. The molecule has 288 valence electrons. The fourth-order valence-corrected chi connectivity index (χ4v) is 11.0. The standard InChI is InChI=1S/C55H31N5OS/c1-2-15-33-31-46-41(30-32(33)14-1)36-18-5-8-22-42(36)59(46)45-29-28-40(51-37-19-6-11-25-47(37)61-52(45)51)54-56-53(39-21-13-27-49-50(39)38-20-7-12-26-48(38)62-49)57-55(58-54)60-43-23-9-3-16-34(43)35-17-4-10-24-44(35)60/h1-31H. The molecular formula is C55H31N5OS. The van der Waals surface area contributed by atoms with Crippen LogP contribution in [-0.4, -0.2) is 24.1 Å². The van der Waals surface area contributed by atoms with Gasteiger partial charge in [-0.15, -0.1) is 11.3 Å². The average Bonchev–Trinajstić information content (AvgIpc) is 4.08. The van der Waals surface area contributed by atoms with Crippen LogP contribution in [-0.2, 0) is 0 Å². The zero-order valence-corrected chi connectivity index (χ0v) is 33.8. The van der Waals surface area contributed by atoms with Crippen molar-refractivity contribution in [2.24, 2.45) is 0 Å². The molecule has 0 saturated heterocycles. The van der Waals surface area contributed by atoms with E-state index in [1.807, 2.05) is 12.1 Å². The minimum atomic E-state index is 0.554. The fourth-order valence-electron chi connectivity index (χ4n) is 9.90. The topological polar surface area (TPSA) is 61.7 Å². The summed E-state index contributed by atoms with van der Waals surface area (Å²) in [6, 6.07) is 66.5. The molecule has 0 unspecified atom stereocenters. The number of thiophene rings is 1. The van der Waals surface area contributed by atoms with Crippen molar-refractivity contribution in [3.8, 4) is 34.4 Å². The molecule has 6 nitrogen and oxygen atoms in total. The summed E-state index contributed by atoms with van der Waals surface area (Å²) in [6.07, 6.45) is 0. The van der Waals surface area contributed by atoms with Crippen LogP contribution < -0.4 is 0 Å². The molecule has 9 aromatic carbocycles. The van der Waals surface area contributed by atoms with E-state index in [0.717, 1.165) is 77.0 Å². The van der Waals surface area contributed by atoms with Gasteiger partial charge in [-0.05, 0) is 71.4 Å². The zero-order chi connectivity index (χ0) is 40.5. The van der Waals surface area contributed by atoms with Crippen molar-refractivity contribution in [2.75, 3.05) is 0 Å². The lowest BCUT2D eigenvalue weighted by Gasteiger charge is -2.14. The maximum atomic E-state index is 6.99. The summed E-state index contributed by atoms with van der Waals surface area (Å²) in [5.41, 5.74) is 8.65. The van der Waals surface area contributed by atoms with E-state index in [9.17, 15) is 0 Å². The number of nitrogens with zero attached hydrogens (tertiary/aromatic N) is 5. The van der Waals surface area contributed by atoms with Crippen molar-refractivity contribution in [3.05, 3.63) is 188 Å². The SMILES string of the molecule is c1ccc2cc3c(cc2c1)c1ccccc1n3-c1ccc(-c2nc(-c3cccc4sc5ccccc5c34)nc(-n3c4ccccc4c4ccccc43)n2)c2c1oc1ccccc12. The lowest BCUT2D eigenvalue weighted by Crippen LogP contribution is -2.07. The van der Waals surface area contributed by atoms with Crippen LogP contribution in [0.3, 0.4) is 0 Å². The van der Waals surface area contributed by atoms with E-state index in [4.69, 9.17) is 19.4 Å². The molecule has 0 aliphatic rings. The van der Waals surface area contributed by atoms with E-state index in [0.29, 0.717) is 17.6 Å². The molecule has 0 fully saturated rings. The van der Waals surface area contributed by atoms with Crippen LogP contribution in [0.4, 0.5) is 0 Å². The highest BCUT2D eigenvalue weighted by Gasteiger charge is 2.25. The first-order valence-corrected chi connectivity index (χ1v) is 21.6. The summed E-state index contributed by atoms with van der Waals surface area (Å²) in [6.45, 7) is 0. The maximum Gasteiger partial charge on any atom is 0.238 e. The summed E-state index contributed by atoms with van der Waals surface area (Å²) in [5, 5.41) is 11.4. The number of benzene rings is 9. The first-order chi connectivity index (χ1) is 30.7. The Balaban J connectivity index is 1.10. The van der Waals surface area contributed by atoms with Crippen molar-refractivity contribution in [1.82, 2.24) is 24.1 Å². The predicted octanol–water partition coefficient (Wildman–Crippen LogP) is 14.8. The van der Waals surface area contributed by atoms with Gasteiger partial charge in [0.15, 0.2) is 17.2 Å². The second-order valence-electron chi connectivity index (χ2n) is 15.9. The minimum absolute atomic E-state index is 0.554. The molecule has 62 heavy (non-hydrogen) atoms. The highest BCUT2D eigenvalue weighted by molar-refractivity contribution is 7.25. The highest BCUT2D eigenvalue weighted by Crippen LogP contribution is 2.44. The van der Waals surface area contributed by atoms with Crippen molar-refractivity contribution < 1.29 is 4.42 Å². The molecule has 14 rings (SSSR count). The predicted molar refractivity (Wildman–Crippen MR) is 257 cm³/mol. The van der Waals surface area contributed by atoms with Gasteiger partial charge in [-0.2, -0.15) is 9.97 Å². The molecular weight excluding hydrogens is 779 g/mol. The summed E-state index contributed by atoms with van der Waals surface area (Å²) < 4.78 is 14.0. The molecule has 5 aromatic heterocycles. The Morgan fingerprint density at radius 3 is 1.69 bits per heavy atom. The molecule has 0 spiro atoms. The van der Waals surface area contributed by atoms with Crippen molar-refractivity contribution >= 4 is 108 Å². The average molecular weight is 810 g/mol. The van der Waals surface area contributed by atoms with E-state index >= 15 is 0 Å². The highest BCUT2D eigenvalue weighted by atomic mass is 32.1. The van der Waals surface area contributed by atoms with E-state index in [-0.39, 0.29) is 0 Å². The number of rotatable bonds is 4. The summed E-state index contributed by atoms with van der Waals surface area (Å²) in [4.78, 5) is 16.3. The molecule has 7 heteroatoms. The molecule has 0 N–H and O–H groups in total. The quantitative estimate of drug-likeness (QED) is 0.178. The molecule has 0 aliphatic carbocycles. The number of para-hydroxylation sites is 4. The number of aromatic nitrogens is 5. The van der Waals surface area contributed by atoms with Crippen LogP contribution >= 0.6 is 11.3 Å². The van der Waals surface area contributed by atoms with E-state index in [1.54, 1.807) is 11.3 Å². The summed E-state index contributed by atoms with van der Waals surface area (Å²) in [7, 11) is 0. The van der Waals surface area contributed by atoms with Crippen LogP contribution in [0.2, 0.25) is 0 Å². The fraction of sp³-hybridized carbons (Fsp3) is 0. The van der Waals surface area contributed by atoms with Crippen LogP contribution in [0.5, 0.6) is 0 Å².